The Hall–Kier alpha value is -0.210. The first kappa shape index (κ1) is 16.2. The lowest BCUT2D eigenvalue weighted by Crippen LogP contribution is -2.55. The largest absolute Gasteiger partial charge is 0.396 e. The molecule has 118 valence electrons. The Kier molecular flexibility index (Phi) is 5.42. The van der Waals surface area contributed by atoms with E-state index in [-0.39, 0.29) is 6.61 Å². The summed E-state index contributed by atoms with van der Waals surface area (Å²) >= 11 is 0. The van der Waals surface area contributed by atoms with Gasteiger partial charge in [0.1, 0.15) is 0 Å². The molecular weight excluding hydrogens is 278 g/mol. The van der Waals surface area contributed by atoms with E-state index in [1.807, 2.05) is 0 Å². The molecule has 2 unspecified atom stereocenters. The van der Waals surface area contributed by atoms with Crippen molar-refractivity contribution in [1.82, 2.24) is 13.5 Å². The predicted octanol–water partition coefficient (Wildman–Crippen LogP) is -0.0385. The van der Waals surface area contributed by atoms with Crippen molar-refractivity contribution < 1.29 is 13.5 Å². The highest BCUT2D eigenvalue weighted by molar-refractivity contribution is 7.86. The van der Waals surface area contributed by atoms with Crippen LogP contribution in [0.15, 0.2) is 0 Å². The molecule has 20 heavy (non-hydrogen) atoms. The van der Waals surface area contributed by atoms with E-state index in [0.717, 1.165) is 25.8 Å². The summed E-state index contributed by atoms with van der Waals surface area (Å²) in [6.45, 7) is 2.78. The number of hydrogen-bond acceptors (Lipinski definition) is 4. The molecule has 0 amide bonds. The Morgan fingerprint density at radius 3 is 2.75 bits per heavy atom. The molecule has 0 aliphatic carbocycles. The molecule has 0 aromatic carbocycles. The molecule has 2 aliphatic heterocycles. The smallest absolute Gasteiger partial charge is 0.281 e. The van der Waals surface area contributed by atoms with Gasteiger partial charge < -0.3 is 10.0 Å². The Morgan fingerprint density at radius 2 is 2.05 bits per heavy atom. The number of fused-ring (bicyclic) bond motifs is 1. The van der Waals surface area contributed by atoms with Crippen molar-refractivity contribution in [1.29, 1.82) is 0 Å². The summed E-state index contributed by atoms with van der Waals surface area (Å²) in [4.78, 5) is 2.38. The van der Waals surface area contributed by atoms with Crippen molar-refractivity contribution in [2.45, 2.75) is 31.7 Å². The van der Waals surface area contributed by atoms with E-state index >= 15 is 0 Å². The van der Waals surface area contributed by atoms with Crippen molar-refractivity contribution in [2.24, 2.45) is 5.92 Å². The van der Waals surface area contributed by atoms with Crippen LogP contribution in [-0.4, -0.2) is 80.0 Å². The van der Waals surface area contributed by atoms with E-state index in [9.17, 15) is 8.42 Å². The van der Waals surface area contributed by atoms with E-state index in [1.165, 1.54) is 4.31 Å². The molecule has 1 N–H and O–H groups in total. The summed E-state index contributed by atoms with van der Waals surface area (Å²) in [5.41, 5.74) is 0. The molecule has 0 aromatic rings. The Labute approximate surface area is 122 Å². The number of piperidine rings is 2. The fourth-order valence-corrected chi connectivity index (χ4v) is 4.90. The molecule has 2 heterocycles. The number of hydrogen-bond donors (Lipinski definition) is 1. The van der Waals surface area contributed by atoms with Crippen LogP contribution in [0.25, 0.3) is 0 Å². The van der Waals surface area contributed by atoms with Crippen molar-refractivity contribution in [3.63, 3.8) is 0 Å². The quantitative estimate of drug-likeness (QED) is 0.774. The zero-order chi connectivity index (χ0) is 14.8. The van der Waals surface area contributed by atoms with Crippen LogP contribution in [0.5, 0.6) is 0 Å². The average molecular weight is 305 g/mol. The number of aliphatic hydroxyl groups is 1. The Morgan fingerprint density at radius 1 is 1.30 bits per heavy atom. The van der Waals surface area contributed by atoms with Gasteiger partial charge in [0.05, 0.1) is 0 Å². The van der Waals surface area contributed by atoms with Crippen LogP contribution in [0.3, 0.4) is 0 Å². The molecular formula is C13H27N3O3S. The van der Waals surface area contributed by atoms with E-state index in [4.69, 9.17) is 5.11 Å². The van der Waals surface area contributed by atoms with Crippen molar-refractivity contribution in [3.05, 3.63) is 0 Å². The van der Waals surface area contributed by atoms with Crippen LogP contribution in [0.1, 0.15) is 25.7 Å². The topological polar surface area (TPSA) is 64.1 Å². The molecule has 2 atom stereocenters. The molecule has 2 saturated heterocycles. The van der Waals surface area contributed by atoms with Crippen molar-refractivity contribution in [2.75, 3.05) is 46.9 Å². The number of nitrogens with zero attached hydrogens (tertiary/aromatic N) is 3. The minimum Gasteiger partial charge on any atom is -0.396 e. The molecule has 0 aromatic heterocycles. The molecule has 0 spiro atoms. The summed E-state index contributed by atoms with van der Waals surface area (Å²) in [5, 5.41) is 8.83. The first-order chi connectivity index (χ1) is 9.46. The third kappa shape index (κ3) is 3.33. The van der Waals surface area contributed by atoms with E-state index in [0.29, 0.717) is 38.0 Å². The third-order valence-electron chi connectivity index (χ3n) is 4.66. The van der Waals surface area contributed by atoms with Gasteiger partial charge in [-0.15, -0.1) is 0 Å². The van der Waals surface area contributed by atoms with Crippen molar-refractivity contribution >= 4 is 10.2 Å². The second-order valence-corrected chi connectivity index (χ2v) is 8.04. The lowest BCUT2D eigenvalue weighted by molar-refractivity contribution is 0.0652. The van der Waals surface area contributed by atoms with E-state index in [2.05, 4.69) is 11.9 Å². The molecule has 7 heteroatoms. The van der Waals surface area contributed by atoms with Crippen LogP contribution in [0, 0.1) is 5.92 Å². The van der Waals surface area contributed by atoms with Gasteiger partial charge in [-0.05, 0) is 45.2 Å². The molecule has 0 radical (unpaired) electrons. The predicted molar refractivity (Wildman–Crippen MR) is 78.6 cm³/mol. The first-order valence-electron chi connectivity index (χ1n) is 7.49. The van der Waals surface area contributed by atoms with Gasteiger partial charge in [-0.3, -0.25) is 0 Å². The van der Waals surface area contributed by atoms with Gasteiger partial charge in [0, 0.05) is 39.3 Å². The second kappa shape index (κ2) is 6.70. The van der Waals surface area contributed by atoms with Gasteiger partial charge in [0.15, 0.2) is 0 Å². The normalized spacial score (nSPS) is 29.6. The minimum absolute atomic E-state index is 0.0232. The first-order valence-corrected chi connectivity index (χ1v) is 8.89. The fraction of sp³-hybridized carbons (Fsp3) is 1.00. The molecule has 2 fully saturated rings. The van der Waals surface area contributed by atoms with Crippen molar-refractivity contribution in [3.8, 4) is 0 Å². The van der Waals surface area contributed by atoms with E-state index < -0.39 is 10.2 Å². The SMILES string of the molecule is CN1CCCC2CN(S(=O)(=O)N(C)CCCO)CCC21. The van der Waals surface area contributed by atoms with Gasteiger partial charge in [-0.1, -0.05) is 0 Å². The minimum atomic E-state index is -3.37. The Bertz CT molecular complexity index is 415. The lowest BCUT2D eigenvalue weighted by atomic mass is 9.85. The van der Waals surface area contributed by atoms with Crippen LogP contribution in [0.2, 0.25) is 0 Å². The van der Waals surface area contributed by atoms with Gasteiger partial charge in [0.2, 0.25) is 0 Å². The van der Waals surface area contributed by atoms with Crippen LogP contribution < -0.4 is 0 Å². The van der Waals surface area contributed by atoms with E-state index in [1.54, 1.807) is 11.4 Å². The fourth-order valence-electron chi connectivity index (χ4n) is 3.43. The summed E-state index contributed by atoms with van der Waals surface area (Å²) < 4.78 is 28.0. The highest BCUT2D eigenvalue weighted by Crippen LogP contribution is 2.31. The average Bonchev–Trinajstić information content (AvgIpc) is 2.44. The highest BCUT2D eigenvalue weighted by Gasteiger charge is 2.39. The Balaban J connectivity index is 2.00. The second-order valence-electron chi connectivity index (χ2n) is 6.00. The molecule has 0 bridgehead atoms. The van der Waals surface area contributed by atoms with Crippen LogP contribution in [-0.2, 0) is 10.2 Å². The van der Waals surface area contributed by atoms with Gasteiger partial charge in [0.25, 0.3) is 10.2 Å². The summed E-state index contributed by atoms with van der Waals surface area (Å²) in [6.07, 6.45) is 3.69. The van der Waals surface area contributed by atoms with Crippen LogP contribution >= 0.6 is 0 Å². The summed E-state index contributed by atoms with van der Waals surface area (Å²) in [7, 11) is 0.383. The zero-order valence-electron chi connectivity index (χ0n) is 12.5. The molecule has 2 rings (SSSR count). The van der Waals surface area contributed by atoms with Gasteiger partial charge in [-0.2, -0.15) is 17.0 Å². The number of aliphatic hydroxyl groups excluding tert-OH is 1. The zero-order valence-corrected chi connectivity index (χ0v) is 13.3. The standard InChI is InChI=1S/C13H27N3O3S/c1-14-7-3-5-12-11-16(9-6-13(12)14)20(18,19)15(2)8-4-10-17/h12-13,17H,3-11H2,1-2H3. The monoisotopic (exact) mass is 305 g/mol. The number of likely N-dealkylation sites (tertiary alicyclic amines) is 1. The highest BCUT2D eigenvalue weighted by atomic mass is 32.2. The van der Waals surface area contributed by atoms with Crippen LogP contribution in [0.4, 0.5) is 0 Å². The maximum absolute atomic E-state index is 12.5. The molecule has 2 aliphatic rings. The number of rotatable bonds is 5. The summed E-state index contributed by atoms with van der Waals surface area (Å²) in [6, 6.07) is 0.540. The maximum Gasteiger partial charge on any atom is 0.281 e. The lowest BCUT2D eigenvalue weighted by Gasteiger charge is -2.45. The molecule has 6 nitrogen and oxygen atoms in total. The summed E-state index contributed by atoms with van der Waals surface area (Å²) in [5.74, 6) is 0.462. The van der Waals surface area contributed by atoms with Gasteiger partial charge >= 0.3 is 0 Å². The molecule has 0 saturated carbocycles. The third-order valence-corrected chi connectivity index (χ3v) is 6.61. The maximum atomic E-state index is 12.5. The van der Waals surface area contributed by atoms with Gasteiger partial charge in [-0.25, -0.2) is 0 Å².